The molecule has 0 atom stereocenters. The summed E-state index contributed by atoms with van der Waals surface area (Å²) < 4.78 is 5.38. The minimum atomic E-state index is 0.480. The molecule has 0 bridgehead atoms. The van der Waals surface area contributed by atoms with Gasteiger partial charge in [0.1, 0.15) is 5.75 Å². The lowest BCUT2D eigenvalue weighted by Gasteiger charge is -2.32. The molecule has 0 amide bonds. The largest absolute Gasteiger partial charge is 0.495 e. The Kier molecular flexibility index (Phi) is 5.66. The Morgan fingerprint density at radius 1 is 1.04 bits per heavy atom. The predicted molar refractivity (Wildman–Crippen MR) is 111 cm³/mol. The third-order valence-electron chi connectivity index (χ3n) is 5.21. The van der Waals surface area contributed by atoms with Crippen LogP contribution in [0.3, 0.4) is 0 Å². The van der Waals surface area contributed by atoms with Crippen molar-refractivity contribution in [3.8, 4) is 5.75 Å². The molecule has 1 N–H and O–H groups in total. The van der Waals surface area contributed by atoms with Gasteiger partial charge in [-0.1, -0.05) is 42.5 Å². The summed E-state index contributed by atoms with van der Waals surface area (Å²) in [5.41, 5.74) is 2.25. The second-order valence-corrected chi connectivity index (χ2v) is 7.08. The van der Waals surface area contributed by atoms with Gasteiger partial charge in [0, 0.05) is 13.1 Å². The van der Waals surface area contributed by atoms with Gasteiger partial charge >= 0.3 is 0 Å². The van der Waals surface area contributed by atoms with E-state index in [-0.39, 0.29) is 0 Å². The molecule has 0 unspecified atom stereocenters. The number of para-hydroxylation sites is 2. The van der Waals surface area contributed by atoms with Crippen molar-refractivity contribution >= 4 is 17.5 Å². The average molecular weight is 375 g/mol. The van der Waals surface area contributed by atoms with Crippen molar-refractivity contribution in [2.75, 3.05) is 30.4 Å². The molecule has 0 spiro atoms. The smallest absolute Gasteiger partial charge is 0.249 e. The molecular formula is C22H25N5O. The molecule has 3 aromatic rings. The molecule has 1 saturated heterocycles. The molecule has 0 saturated carbocycles. The topological polar surface area (TPSA) is 63.2 Å². The minimum absolute atomic E-state index is 0.480. The van der Waals surface area contributed by atoms with Crippen LogP contribution in [0.2, 0.25) is 0 Å². The van der Waals surface area contributed by atoms with Crippen molar-refractivity contribution in [3.63, 3.8) is 0 Å². The van der Waals surface area contributed by atoms with Gasteiger partial charge in [-0.3, -0.25) is 0 Å². The van der Waals surface area contributed by atoms with E-state index < -0.39 is 0 Å². The number of aromatic nitrogens is 3. The zero-order chi connectivity index (χ0) is 19.2. The van der Waals surface area contributed by atoms with Crippen LogP contribution in [0, 0.1) is 5.92 Å². The van der Waals surface area contributed by atoms with Crippen molar-refractivity contribution in [1.29, 1.82) is 0 Å². The fraction of sp³-hybridized carbons (Fsp3) is 0.318. The number of hydrogen-bond donors (Lipinski definition) is 1. The van der Waals surface area contributed by atoms with E-state index in [1.54, 1.807) is 13.3 Å². The van der Waals surface area contributed by atoms with Crippen LogP contribution in [-0.2, 0) is 6.42 Å². The summed E-state index contributed by atoms with van der Waals surface area (Å²) in [6.07, 6.45) is 5.21. The van der Waals surface area contributed by atoms with Crippen molar-refractivity contribution in [2.45, 2.75) is 19.3 Å². The standard InChI is InChI=1S/C22H25N5O/c1-28-20-10-6-5-9-19(20)24-22-25-21(16-23-26-22)27-13-11-18(12-14-27)15-17-7-3-2-4-8-17/h2-10,16,18H,11-15H2,1H3,(H,24,25,26). The van der Waals surface area contributed by atoms with Gasteiger partial charge in [-0.25, -0.2) is 0 Å². The minimum Gasteiger partial charge on any atom is -0.495 e. The lowest BCUT2D eigenvalue weighted by atomic mass is 9.90. The van der Waals surface area contributed by atoms with Crippen LogP contribution in [0.1, 0.15) is 18.4 Å². The van der Waals surface area contributed by atoms with Crippen LogP contribution >= 0.6 is 0 Å². The van der Waals surface area contributed by atoms with Crippen molar-refractivity contribution < 1.29 is 4.74 Å². The van der Waals surface area contributed by atoms with E-state index in [4.69, 9.17) is 4.74 Å². The Balaban J connectivity index is 1.38. The van der Waals surface area contributed by atoms with Gasteiger partial charge in [0.25, 0.3) is 0 Å². The zero-order valence-electron chi connectivity index (χ0n) is 16.1. The Hall–Kier alpha value is -3.15. The molecule has 1 aromatic heterocycles. The number of anilines is 3. The highest BCUT2D eigenvalue weighted by molar-refractivity contribution is 5.62. The molecule has 1 fully saturated rings. The Morgan fingerprint density at radius 2 is 1.79 bits per heavy atom. The van der Waals surface area contributed by atoms with Gasteiger partial charge in [-0.05, 0) is 42.9 Å². The van der Waals surface area contributed by atoms with E-state index in [0.29, 0.717) is 5.95 Å². The van der Waals surface area contributed by atoms with E-state index in [2.05, 4.69) is 55.7 Å². The van der Waals surface area contributed by atoms with Gasteiger partial charge in [0.2, 0.25) is 5.95 Å². The van der Waals surface area contributed by atoms with Crippen LogP contribution in [0.25, 0.3) is 0 Å². The Labute approximate surface area is 165 Å². The third kappa shape index (κ3) is 4.39. The monoisotopic (exact) mass is 375 g/mol. The van der Waals surface area contributed by atoms with Crippen LogP contribution in [-0.4, -0.2) is 35.4 Å². The van der Waals surface area contributed by atoms with Gasteiger partial charge in [0.15, 0.2) is 5.82 Å². The number of methoxy groups -OCH3 is 1. The highest BCUT2D eigenvalue weighted by atomic mass is 16.5. The summed E-state index contributed by atoms with van der Waals surface area (Å²) in [7, 11) is 1.65. The lowest BCUT2D eigenvalue weighted by Crippen LogP contribution is -2.35. The first-order chi connectivity index (χ1) is 13.8. The molecule has 4 rings (SSSR count). The third-order valence-corrected chi connectivity index (χ3v) is 5.21. The molecule has 28 heavy (non-hydrogen) atoms. The highest BCUT2D eigenvalue weighted by Crippen LogP contribution is 2.27. The molecular weight excluding hydrogens is 350 g/mol. The first kappa shape index (κ1) is 18.2. The lowest BCUT2D eigenvalue weighted by molar-refractivity contribution is 0.402. The maximum Gasteiger partial charge on any atom is 0.249 e. The van der Waals surface area contributed by atoms with Crippen LogP contribution < -0.4 is 15.0 Å². The van der Waals surface area contributed by atoms with Gasteiger partial charge in [0.05, 0.1) is 19.0 Å². The van der Waals surface area contributed by atoms with E-state index in [1.807, 2.05) is 24.3 Å². The van der Waals surface area contributed by atoms with Crippen molar-refractivity contribution in [2.24, 2.45) is 5.92 Å². The maximum atomic E-state index is 5.38. The number of piperidine rings is 1. The quantitative estimate of drug-likeness (QED) is 0.700. The normalized spacial score (nSPS) is 14.7. The van der Waals surface area contributed by atoms with Crippen LogP contribution in [0.15, 0.2) is 60.8 Å². The number of rotatable bonds is 6. The number of nitrogens with zero attached hydrogens (tertiary/aromatic N) is 4. The van der Waals surface area contributed by atoms with Crippen molar-refractivity contribution in [1.82, 2.24) is 15.2 Å². The number of ether oxygens (including phenoxy) is 1. The van der Waals surface area contributed by atoms with Crippen molar-refractivity contribution in [3.05, 3.63) is 66.4 Å². The Bertz CT molecular complexity index is 894. The summed E-state index contributed by atoms with van der Waals surface area (Å²) in [4.78, 5) is 6.96. The molecule has 1 aliphatic rings. The zero-order valence-corrected chi connectivity index (χ0v) is 16.1. The van der Waals surface area contributed by atoms with Gasteiger partial charge in [-0.2, -0.15) is 10.1 Å². The van der Waals surface area contributed by atoms with E-state index in [0.717, 1.165) is 55.5 Å². The second kappa shape index (κ2) is 8.69. The summed E-state index contributed by atoms with van der Waals surface area (Å²) in [6.45, 7) is 1.98. The SMILES string of the molecule is COc1ccccc1Nc1nncc(N2CCC(Cc3ccccc3)CC2)n1. The molecule has 0 radical (unpaired) electrons. The molecule has 144 valence electrons. The number of nitrogens with one attached hydrogen (secondary N) is 1. The van der Waals surface area contributed by atoms with E-state index in [9.17, 15) is 0 Å². The fourth-order valence-corrected chi connectivity index (χ4v) is 3.68. The first-order valence-electron chi connectivity index (χ1n) is 9.70. The summed E-state index contributed by atoms with van der Waals surface area (Å²) >= 11 is 0. The average Bonchev–Trinajstić information content (AvgIpc) is 2.76. The molecule has 2 aromatic carbocycles. The van der Waals surface area contributed by atoms with Crippen LogP contribution in [0.5, 0.6) is 5.75 Å². The molecule has 2 heterocycles. The number of hydrogen-bond acceptors (Lipinski definition) is 6. The van der Waals surface area contributed by atoms with Crippen LogP contribution in [0.4, 0.5) is 17.5 Å². The molecule has 6 heteroatoms. The predicted octanol–water partition coefficient (Wildman–Crippen LogP) is 4.08. The maximum absolute atomic E-state index is 5.38. The van der Waals surface area contributed by atoms with E-state index in [1.165, 1.54) is 5.56 Å². The summed E-state index contributed by atoms with van der Waals surface area (Å²) in [6, 6.07) is 18.5. The summed E-state index contributed by atoms with van der Waals surface area (Å²) in [5.74, 6) is 2.82. The van der Waals surface area contributed by atoms with Gasteiger partial charge < -0.3 is 15.0 Å². The number of benzene rings is 2. The van der Waals surface area contributed by atoms with Gasteiger partial charge in [-0.15, -0.1) is 5.10 Å². The molecule has 1 aliphatic heterocycles. The highest BCUT2D eigenvalue weighted by Gasteiger charge is 2.21. The van der Waals surface area contributed by atoms with E-state index >= 15 is 0 Å². The first-order valence-corrected chi connectivity index (χ1v) is 9.70. The fourth-order valence-electron chi connectivity index (χ4n) is 3.68. The Morgan fingerprint density at radius 3 is 2.57 bits per heavy atom. The second-order valence-electron chi connectivity index (χ2n) is 7.08. The molecule has 6 nitrogen and oxygen atoms in total. The molecule has 0 aliphatic carbocycles. The summed E-state index contributed by atoms with van der Waals surface area (Å²) in [5, 5.41) is 11.5.